The molecular weight excluding hydrogens is 444 g/mol. The summed E-state index contributed by atoms with van der Waals surface area (Å²) in [6.45, 7) is 1.82. The summed E-state index contributed by atoms with van der Waals surface area (Å²) in [4.78, 5) is 21.5. The smallest absolute Gasteiger partial charge is 0.239 e. The molecule has 32 heavy (non-hydrogen) atoms. The number of imidazole rings is 1. The van der Waals surface area contributed by atoms with Crippen LogP contribution in [0.15, 0.2) is 48.5 Å². The Labute approximate surface area is 193 Å². The summed E-state index contributed by atoms with van der Waals surface area (Å²) in [5.41, 5.74) is 3.71. The van der Waals surface area contributed by atoms with Crippen LogP contribution in [0.25, 0.3) is 11.0 Å². The van der Waals surface area contributed by atoms with E-state index in [1.807, 2.05) is 54.8 Å². The topological polar surface area (TPSA) is 95.2 Å². The van der Waals surface area contributed by atoms with Gasteiger partial charge in [0.05, 0.1) is 22.8 Å². The number of nitrogens with one attached hydrogen (secondary N) is 2. The van der Waals surface area contributed by atoms with Crippen molar-refractivity contribution >= 4 is 38.7 Å². The fourth-order valence-electron chi connectivity index (χ4n) is 4.10. The first kappa shape index (κ1) is 22.8. The summed E-state index contributed by atoms with van der Waals surface area (Å²) in [6.07, 6.45) is 3.07. The second kappa shape index (κ2) is 9.64. The lowest BCUT2D eigenvalue weighted by molar-refractivity contribution is -0.126. The van der Waals surface area contributed by atoms with Gasteiger partial charge >= 0.3 is 0 Å². The van der Waals surface area contributed by atoms with Gasteiger partial charge < -0.3 is 10.3 Å². The molecule has 7 nitrogen and oxygen atoms in total. The van der Waals surface area contributed by atoms with Crippen molar-refractivity contribution in [2.45, 2.75) is 38.4 Å². The van der Waals surface area contributed by atoms with Gasteiger partial charge in [0, 0.05) is 6.54 Å². The number of sulfonamides is 1. The molecule has 4 rings (SSSR count). The van der Waals surface area contributed by atoms with E-state index in [2.05, 4.69) is 15.3 Å². The number of H-pyrrole nitrogens is 1. The number of hydrogen-bond acceptors (Lipinski definition) is 5. The summed E-state index contributed by atoms with van der Waals surface area (Å²) in [7, 11) is -3.55. The monoisotopic (exact) mass is 472 g/mol. The van der Waals surface area contributed by atoms with Crippen LogP contribution in [0.4, 0.5) is 0 Å². The number of rotatable bonds is 8. The number of hydrogen-bond donors (Lipinski definition) is 2. The SMILES string of the molecule is CCS(=O)(=O)N1Cc2ccccc2CC1C(=O)NC(CCSC)c1nc2ccccc2[nH]1. The van der Waals surface area contributed by atoms with Gasteiger partial charge in [-0.1, -0.05) is 36.4 Å². The number of nitrogens with zero attached hydrogens (tertiary/aromatic N) is 2. The van der Waals surface area contributed by atoms with Gasteiger partial charge in [-0.15, -0.1) is 0 Å². The highest BCUT2D eigenvalue weighted by atomic mass is 32.2. The summed E-state index contributed by atoms with van der Waals surface area (Å²) >= 11 is 1.69. The van der Waals surface area contributed by atoms with E-state index in [1.165, 1.54) is 4.31 Å². The molecule has 9 heteroatoms. The van der Waals surface area contributed by atoms with Gasteiger partial charge in [-0.05, 0) is 55.0 Å². The molecule has 2 heterocycles. The molecular formula is C23H28N4O3S2. The maximum Gasteiger partial charge on any atom is 0.239 e. The first-order chi connectivity index (χ1) is 15.4. The molecule has 2 N–H and O–H groups in total. The zero-order valence-corrected chi connectivity index (χ0v) is 19.9. The molecule has 1 aromatic heterocycles. The van der Waals surface area contributed by atoms with Crippen LogP contribution in [-0.2, 0) is 27.8 Å². The molecule has 1 aliphatic rings. The van der Waals surface area contributed by atoms with Crippen molar-refractivity contribution < 1.29 is 13.2 Å². The molecule has 0 bridgehead atoms. The Hall–Kier alpha value is -2.36. The zero-order chi connectivity index (χ0) is 22.7. The summed E-state index contributed by atoms with van der Waals surface area (Å²) in [5, 5.41) is 3.10. The van der Waals surface area contributed by atoms with Crippen LogP contribution in [0, 0.1) is 0 Å². The zero-order valence-electron chi connectivity index (χ0n) is 18.2. The minimum absolute atomic E-state index is 0.0432. The number of carbonyl (C=O) groups is 1. The van der Waals surface area contributed by atoms with Crippen LogP contribution in [0.2, 0.25) is 0 Å². The Morgan fingerprint density at radius 2 is 1.94 bits per heavy atom. The summed E-state index contributed by atoms with van der Waals surface area (Å²) in [6, 6.07) is 14.4. The maximum atomic E-state index is 13.5. The molecule has 0 saturated carbocycles. The van der Waals surface area contributed by atoms with Crippen molar-refractivity contribution in [3.63, 3.8) is 0 Å². The number of aromatic amines is 1. The van der Waals surface area contributed by atoms with Crippen molar-refractivity contribution in [3.05, 3.63) is 65.5 Å². The Morgan fingerprint density at radius 3 is 2.66 bits per heavy atom. The first-order valence-electron chi connectivity index (χ1n) is 10.7. The second-order valence-electron chi connectivity index (χ2n) is 7.92. The second-order valence-corrected chi connectivity index (χ2v) is 11.1. The third-order valence-corrected chi connectivity index (χ3v) is 8.37. The lowest BCUT2D eigenvalue weighted by Gasteiger charge is -2.35. The average Bonchev–Trinajstić information content (AvgIpc) is 3.25. The van der Waals surface area contributed by atoms with Crippen LogP contribution in [0.5, 0.6) is 0 Å². The molecule has 0 fully saturated rings. The van der Waals surface area contributed by atoms with Gasteiger partial charge in [0.1, 0.15) is 11.9 Å². The number of para-hydroxylation sites is 2. The van der Waals surface area contributed by atoms with E-state index < -0.39 is 16.1 Å². The predicted octanol–water partition coefficient (Wildman–Crippen LogP) is 3.25. The molecule has 0 spiro atoms. The molecule has 0 radical (unpaired) electrons. The van der Waals surface area contributed by atoms with E-state index >= 15 is 0 Å². The molecule has 1 amide bonds. The highest BCUT2D eigenvalue weighted by molar-refractivity contribution is 7.98. The van der Waals surface area contributed by atoms with E-state index in [-0.39, 0.29) is 24.2 Å². The highest BCUT2D eigenvalue weighted by Gasteiger charge is 2.38. The molecule has 170 valence electrons. The van der Waals surface area contributed by atoms with Crippen LogP contribution in [0.1, 0.15) is 36.3 Å². The number of thioether (sulfide) groups is 1. The van der Waals surface area contributed by atoms with E-state index in [0.717, 1.165) is 27.9 Å². The molecule has 1 aliphatic heterocycles. The summed E-state index contributed by atoms with van der Waals surface area (Å²) < 4.78 is 27.1. The van der Waals surface area contributed by atoms with Gasteiger partial charge in [0.15, 0.2) is 0 Å². The molecule has 2 atom stereocenters. The first-order valence-corrected chi connectivity index (χ1v) is 13.7. The van der Waals surface area contributed by atoms with Crippen LogP contribution in [-0.4, -0.2) is 52.4 Å². The highest BCUT2D eigenvalue weighted by Crippen LogP contribution is 2.27. The van der Waals surface area contributed by atoms with Crippen molar-refractivity contribution in [3.8, 4) is 0 Å². The lowest BCUT2D eigenvalue weighted by Crippen LogP contribution is -2.53. The number of aromatic nitrogens is 2. The fraction of sp³-hybridized carbons (Fsp3) is 0.391. The minimum atomic E-state index is -3.55. The Kier molecular flexibility index (Phi) is 6.88. The molecule has 2 unspecified atom stereocenters. The maximum absolute atomic E-state index is 13.5. The Bertz CT molecular complexity index is 1180. The van der Waals surface area contributed by atoms with Gasteiger partial charge in [0.2, 0.25) is 15.9 Å². The normalized spacial score (nSPS) is 17.8. The quantitative estimate of drug-likeness (QED) is 0.525. The number of fused-ring (bicyclic) bond motifs is 2. The summed E-state index contributed by atoms with van der Waals surface area (Å²) in [5.74, 6) is 1.20. The largest absolute Gasteiger partial charge is 0.345 e. The third kappa shape index (κ3) is 4.69. The standard InChI is InChI=1S/C23H28N4O3S2/c1-3-32(29,30)27-15-17-9-5-4-8-16(17)14-21(27)23(28)26-20(12-13-31-2)22-24-18-10-6-7-11-19(18)25-22/h4-11,20-21H,3,12-15H2,1-2H3,(H,24,25)(H,26,28). The van der Waals surface area contributed by atoms with E-state index in [4.69, 9.17) is 0 Å². The lowest BCUT2D eigenvalue weighted by atomic mass is 9.95. The molecule has 0 saturated heterocycles. The van der Waals surface area contributed by atoms with Gasteiger partial charge in [-0.3, -0.25) is 4.79 Å². The van der Waals surface area contributed by atoms with Crippen LogP contribution < -0.4 is 5.32 Å². The van der Waals surface area contributed by atoms with Gasteiger partial charge in [-0.25, -0.2) is 13.4 Å². The van der Waals surface area contributed by atoms with Crippen LogP contribution in [0.3, 0.4) is 0 Å². The van der Waals surface area contributed by atoms with E-state index in [9.17, 15) is 13.2 Å². The average molecular weight is 473 g/mol. The fourth-order valence-corrected chi connectivity index (χ4v) is 5.80. The number of carbonyl (C=O) groups excluding carboxylic acids is 1. The molecule has 0 aliphatic carbocycles. The predicted molar refractivity (Wildman–Crippen MR) is 129 cm³/mol. The van der Waals surface area contributed by atoms with Crippen molar-refractivity contribution in [1.29, 1.82) is 0 Å². The van der Waals surface area contributed by atoms with Gasteiger partial charge in [-0.2, -0.15) is 16.1 Å². The van der Waals surface area contributed by atoms with Crippen LogP contribution >= 0.6 is 11.8 Å². The van der Waals surface area contributed by atoms with Crippen molar-refractivity contribution in [1.82, 2.24) is 19.6 Å². The number of amides is 1. The van der Waals surface area contributed by atoms with E-state index in [1.54, 1.807) is 18.7 Å². The molecule has 3 aromatic rings. The third-order valence-electron chi connectivity index (χ3n) is 5.90. The van der Waals surface area contributed by atoms with Crippen molar-refractivity contribution in [2.75, 3.05) is 17.8 Å². The van der Waals surface area contributed by atoms with Gasteiger partial charge in [0.25, 0.3) is 0 Å². The minimum Gasteiger partial charge on any atom is -0.345 e. The Balaban J connectivity index is 1.63. The van der Waals surface area contributed by atoms with E-state index in [0.29, 0.717) is 18.7 Å². The van der Waals surface area contributed by atoms with Crippen molar-refractivity contribution in [2.24, 2.45) is 0 Å². The number of benzene rings is 2. The molecule has 2 aromatic carbocycles. The Morgan fingerprint density at radius 1 is 1.22 bits per heavy atom.